The van der Waals surface area contributed by atoms with Crippen LogP contribution in [0.15, 0.2) is 38.4 Å². The number of nitrogens with one attached hydrogen (secondary N) is 1. The van der Waals surface area contributed by atoms with Crippen LogP contribution in [0.5, 0.6) is 0 Å². The molecule has 0 amide bonds. The lowest BCUT2D eigenvalue weighted by Gasteiger charge is -2.04. The predicted octanol–water partition coefficient (Wildman–Crippen LogP) is 3.27. The number of aromatic amines is 1. The van der Waals surface area contributed by atoms with Gasteiger partial charge in [0.15, 0.2) is 0 Å². The molecule has 2 rings (SSSR count). The highest BCUT2D eigenvalue weighted by molar-refractivity contribution is 9.10. The van der Waals surface area contributed by atoms with Crippen molar-refractivity contribution in [3.63, 3.8) is 0 Å². The molecule has 0 atom stereocenters. The zero-order valence-corrected chi connectivity index (χ0v) is 11.9. The fourth-order valence-electron chi connectivity index (χ4n) is 1.41. The number of hydrogen-bond acceptors (Lipinski definition) is 3. The van der Waals surface area contributed by atoms with E-state index in [1.54, 1.807) is 0 Å². The third kappa shape index (κ3) is 3.00. The summed E-state index contributed by atoms with van der Waals surface area (Å²) in [6.45, 7) is 1.48. The number of aromatic nitrogens is 2. The molecular weight excluding hydrogens is 319 g/mol. The Morgan fingerprint density at radius 1 is 1.44 bits per heavy atom. The van der Waals surface area contributed by atoms with Crippen molar-refractivity contribution in [2.45, 2.75) is 17.6 Å². The standard InChI is InChI=1S/C12H10BrFN2OS/c1-7-11(14)12(17)16-10(15-7)6-18-9-5-3-2-4-8(9)13/h2-5H,6H2,1H3,(H,15,16,17). The van der Waals surface area contributed by atoms with Gasteiger partial charge < -0.3 is 4.98 Å². The quantitative estimate of drug-likeness (QED) is 0.879. The first kappa shape index (κ1) is 13.3. The summed E-state index contributed by atoms with van der Waals surface area (Å²) in [5.41, 5.74) is -0.591. The van der Waals surface area contributed by atoms with E-state index in [0.29, 0.717) is 11.6 Å². The molecule has 0 saturated heterocycles. The molecule has 94 valence electrons. The van der Waals surface area contributed by atoms with Gasteiger partial charge in [0, 0.05) is 9.37 Å². The van der Waals surface area contributed by atoms with Crippen molar-refractivity contribution in [2.24, 2.45) is 0 Å². The van der Waals surface area contributed by atoms with Crippen LogP contribution in [0.25, 0.3) is 0 Å². The molecule has 1 heterocycles. The number of benzene rings is 1. The van der Waals surface area contributed by atoms with Crippen LogP contribution in [0.1, 0.15) is 11.5 Å². The van der Waals surface area contributed by atoms with Gasteiger partial charge in [0.25, 0.3) is 5.56 Å². The molecule has 0 radical (unpaired) electrons. The highest BCUT2D eigenvalue weighted by Crippen LogP contribution is 2.28. The molecule has 0 spiro atoms. The maximum Gasteiger partial charge on any atom is 0.287 e. The lowest BCUT2D eigenvalue weighted by atomic mass is 10.4. The van der Waals surface area contributed by atoms with E-state index < -0.39 is 11.4 Å². The van der Waals surface area contributed by atoms with Gasteiger partial charge in [0.05, 0.1) is 11.4 Å². The second kappa shape index (κ2) is 5.67. The third-order valence-corrected chi connectivity index (χ3v) is 4.32. The molecule has 2 aromatic rings. The molecule has 0 unspecified atom stereocenters. The van der Waals surface area contributed by atoms with E-state index in [2.05, 4.69) is 25.9 Å². The van der Waals surface area contributed by atoms with Crippen molar-refractivity contribution in [1.29, 1.82) is 0 Å². The van der Waals surface area contributed by atoms with Crippen LogP contribution in [0, 0.1) is 12.7 Å². The fourth-order valence-corrected chi connectivity index (χ4v) is 2.84. The molecule has 0 saturated carbocycles. The van der Waals surface area contributed by atoms with Gasteiger partial charge in [-0.05, 0) is 35.0 Å². The van der Waals surface area contributed by atoms with Crippen molar-refractivity contribution in [2.75, 3.05) is 0 Å². The number of thioether (sulfide) groups is 1. The maximum atomic E-state index is 13.1. The van der Waals surface area contributed by atoms with Crippen LogP contribution < -0.4 is 5.56 Å². The summed E-state index contributed by atoms with van der Waals surface area (Å²) in [7, 11) is 0. The highest BCUT2D eigenvalue weighted by atomic mass is 79.9. The Balaban J connectivity index is 2.17. The Morgan fingerprint density at radius 3 is 2.83 bits per heavy atom. The second-order valence-corrected chi connectivity index (χ2v) is 5.50. The zero-order valence-electron chi connectivity index (χ0n) is 9.54. The van der Waals surface area contributed by atoms with Gasteiger partial charge >= 0.3 is 0 Å². The lowest BCUT2D eigenvalue weighted by molar-refractivity contribution is 0.584. The van der Waals surface area contributed by atoms with Crippen molar-refractivity contribution >= 4 is 27.7 Å². The van der Waals surface area contributed by atoms with Crippen molar-refractivity contribution in [3.05, 3.63) is 56.4 Å². The minimum absolute atomic E-state index is 0.126. The first-order chi connectivity index (χ1) is 8.58. The zero-order chi connectivity index (χ0) is 13.1. The van der Waals surface area contributed by atoms with Crippen LogP contribution >= 0.6 is 27.7 Å². The minimum atomic E-state index is -0.815. The van der Waals surface area contributed by atoms with Crippen LogP contribution in [0.2, 0.25) is 0 Å². The molecule has 1 N–H and O–H groups in total. The lowest BCUT2D eigenvalue weighted by Crippen LogP contribution is -2.16. The Morgan fingerprint density at radius 2 is 2.17 bits per heavy atom. The summed E-state index contributed by atoms with van der Waals surface area (Å²) >= 11 is 4.96. The summed E-state index contributed by atoms with van der Waals surface area (Å²) in [5.74, 6) is 0.142. The first-order valence-corrected chi connectivity index (χ1v) is 6.98. The number of H-pyrrole nitrogens is 1. The molecule has 3 nitrogen and oxygen atoms in total. The highest BCUT2D eigenvalue weighted by Gasteiger charge is 2.08. The van der Waals surface area contributed by atoms with Crippen molar-refractivity contribution in [1.82, 2.24) is 9.97 Å². The fraction of sp³-hybridized carbons (Fsp3) is 0.167. The molecule has 0 aliphatic rings. The topological polar surface area (TPSA) is 45.8 Å². The summed E-state index contributed by atoms with van der Waals surface area (Å²) < 4.78 is 14.1. The molecule has 0 aliphatic heterocycles. The van der Waals surface area contributed by atoms with Gasteiger partial charge in [-0.15, -0.1) is 11.8 Å². The van der Waals surface area contributed by atoms with E-state index in [0.717, 1.165) is 9.37 Å². The second-order valence-electron chi connectivity index (χ2n) is 3.63. The van der Waals surface area contributed by atoms with Gasteiger partial charge in [0.2, 0.25) is 5.82 Å². The summed E-state index contributed by atoms with van der Waals surface area (Å²) in [6, 6.07) is 7.76. The molecule has 0 fully saturated rings. The van der Waals surface area contributed by atoms with Crippen LogP contribution in [-0.2, 0) is 5.75 Å². The van der Waals surface area contributed by atoms with E-state index in [-0.39, 0.29) is 5.69 Å². The molecule has 1 aromatic heterocycles. The van der Waals surface area contributed by atoms with Crippen LogP contribution in [0.3, 0.4) is 0 Å². The van der Waals surface area contributed by atoms with Gasteiger partial charge in [-0.2, -0.15) is 4.39 Å². The summed E-state index contributed by atoms with van der Waals surface area (Å²) in [6.07, 6.45) is 0. The van der Waals surface area contributed by atoms with Crippen LogP contribution in [0.4, 0.5) is 4.39 Å². The van der Waals surface area contributed by atoms with E-state index >= 15 is 0 Å². The van der Waals surface area contributed by atoms with Gasteiger partial charge in [0.1, 0.15) is 5.82 Å². The SMILES string of the molecule is Cc1nc(CSc2ccccc2Br)[nH]c(=O)c1F. The third-order valence-electron chi connectivity index (χ3n) is 2.28. The Bertz CT molecular complexity index is 630. The number of nitrogens with zero attached hydrogens (tertiary/aromatic N) is 1. The molecule has 6 heteroatoms. The minimum Gasteiger partial charge on any atom is -0.307 e. The average Bonchev–Trinajstić information content (AvgIpc) is 2.35. The molecule has 18 heavy (non-hydrogen) atoms. The number of aryl methyl sites for hydroxylation is 1. The number of rotatable bonds is 3. The summed E-state index contributed by atoms with van der Waals surface area (Å²) in [4.78, 5) is 18.7. The van der Waals surface area contributed by atoms with Crippen molar-refractivity contribution < 1.29 is 4.39 Å². The van der Waals surface area contributed by atoms with E-state index in [4.69, 9.17) is 0 Å². The van der Waals surface area contributed by atoms with Gasteiger partial charge in [-0.25, -0.2) is 4.98 Å². The first-order valence-electron chi connectivity index (χ1n) is 5.20. The Labute approximate surface area is 116 Å². The summed E-state index contributed by atoms with van der Waals surface area (Å²) in [5, 5.41) is 0. The molecular formula is C12H10BrFN2OS. The molecule has 0 bridgehead atoms. The monoisotopic (exact) mass is 328 g/mol. The molecule has 1 aromatic carbocycles. The van der Waals surface area contributed by atoms with Gasteiger partial charge in [-0.1, -0.05) is 12.1 Å². The Hall–Kier alpha value is -1.14. The molecule has 0 aliphatic carbocycles. The Kier molecular flexibility index (Phi) is 4.19. The smallest absolute Gasteiger partial charge is 0.287 e. The van der Waals surface area contributed by atoms with Gasteiger partial charge in [-0.3, -0.25) is 4.79 Å². The predicted molar refractivity (Wildman–Crippen MR) is 73.3 cm³/mol. The number of halogens is 2. The van der Waals surface area contributed by atoms with Crippen molar-refractivity contribution in [3.8, 4) is 0 Å². The maximum absolute atomic E-state index is 13.1. The largest absolute Gasteiger partial charge is 0.307 e. The normalized spacial score (nSPS) is 10.6. The number of hydrogen-bond donors (Lipinski definition) is 1. The van der Waals surface area contributed by atoms with Crippen LogP contribution in [-0.4, -0.2) is 9.97 Å². The van der Waals surface area contributed by atoms with E-state index in [1.165, 1.54) is 18.7 Å². The van der Waals surface area contributed by atoms with E-state index in [9.17, 15) is 9.18 Å². The average molecular weight is 329 g/mol. The van der Waals surface area contributed by atoms with E-state index in [1.807, 2.05) is 24.3 Å².